The number of anilines is 1. The molecule has 34 heavy (non-hydrogen) atoms. The maximum Gasteiger partial charge on any atom is 0.258 e. The van der Waals surface area contributed by atoms with Crippen LogP contribution in [0.4, 0.5) is 5.69 Å². The molecular formula is C27H23N3O3S. The molecule has 5 rings (SSSR count). The molecule has 1 aliphatic rings. The summed E-state index contributed by atoms with van der Waals surface area (Å²) in [6.07, 6.45) is 0.678. The standard InChI is InChI=1S/C27H23N3O3S/c1-17(28)19-8-6-18-7-9-22(16-23(18)14-19)27(31)30-13-12-21-15-20(10-11-25(21)30)24-4-2-3-5-26(24)34(29,32)33/h2-11,14-16,28H,12-13H2,1H3,(H2,29,32,33). The van der Waals surface area contributed by atoms with E-state index in [1.165, 1.54) is 6.07 Å². The van der Waals surface area contributed by atoms with Crippen LogP contribution in [0.25, 0.3) is 21.9 Å². The highest BCUT2D eigenvalue weighted by molar-refractivity contribution is 7.89. The summed E-state index contributed by atoms with van der Waals surface area (Å²) in [5, 5.41) is 15.2. The minimum atomic E-state index is -3.86. The molecule has 3 N–H and O–H groups in total. The normalized spacial score (nSPS) is 13.2. The molecule has 1 amide bonds. The van der Waals surface area contributed by atoms with E-state index in [9.17, 15) is 13.2 Å². The largest absolute Gasteiger partial charge is 0.308 e. The van der Waals surface area contributed by atoms with Gasteiger partial charge in [0.15, 0.2) is 0 Å². The van der Waals surface area contributed by atoms with Gasteiger partial charge in [0.25, 0.3) is 5.91 Å². The van der Waals surface area contributed by atoms with Gasteiger partial charge in [-0.15, -0.1) is 0 Å². The van der Waals surface area contributed by atoms with Crippen LogP contribution in [-0.2, 0) is 16.4 Å². The van der Waals surface area contributed by atoms with Gasteiger partial charge in [0.1, 0.15) is 0 Å². The Balaban J connectivity index is 1.49. The number of hydrogen-bond donors (Lipinski definition) is 2. The number of nitrogens with two attached hydrogens (primary N) is 1. The highest BCUT2D eigenvalue weighted by Crippen LogP contribution is 2.35. The molecule has 4 aromatic carbocycles. The molecule has 0 saturated heterocycles. The van der Waals surface area contributed by atoms with Crippen molar-refractivity contribution in [3.05, 3.63) is 95.6 Å². The van der Waals surface area contributed by atoms with Gasteiger partial charge >= 0.3 is 0 Å². The highest BCUT2D eigenvalue weighted by Gasteiger charge is 2.26. The van der Waals surface area contributed by atoms with E-state index < -0.39 is 10.0 Å². The van der Waals surface area contributed by atoms with Crippen LogP contribution in [0.5, 0.6) is 0 Å². The highest BCUT2D eigenvalue weighted by atomic mass is 32.2. The second-order valence-electron chi connectivity index (χ2n) is 8.49. The summed E-state index contributed by atoms with van der Waals surface area (Å²) in [7, 11) is -3.86. The Kier molecular flexibility index (Phi) is 5.31. The Labute approximate surface area is 198 Å². The van der Waals surface area contributed by atoms with Gasteiger partial charge in [0.05, 0.1) is 4.90 Å². The van der Waals surface area contributed by atoms with Crippen LogP contribution < -0.4 is 10.0 Å². The van der Waals surface area contributed by atoms with Crippen LogP contribution in [0, 0.1) is 5.41 Å². The molecule has 0 aromatic heterocycles. The van der Waals surface area contributed by atoms with Crippen molar-refractivity contribution < 1.29 is 13.2 Å². The third kappa shape index (κ3) is 3.89. The van der Waals surface area contributed by atoms with Gasteiger partial charge in [0, 0.05) is 29.1 Å². The number of carbonyl (C=O) groups excluding carboxylic acids is 1. The van der Waals surface area contributed by atoms with Crippen molar-refractivity contribution >= 4 is 38.1 Å². The summed E-state index contributed by atoms with van der Waals surface area (Å²) in [4.78, 5) is 15.2. The molecule has 0 atom stereocenters. The summed E-state index contributed by atoms with van der Waals surface area (Å²) in [5.74, 6) is -0.0877. The fraction of sp³-hybridized carbons (Fsp3) is 0.111. The Morgan fingerprint density at radius 3 is 2.35 bits per heavy atom. The van der Waals surface area contributed by atoms with Crippen molar-refractivity contribution in [1.29, 1.82) is 5.41 Å². The van der Waals surface area contributed by atoms with Crippen LogP contribution in [-0.4, -0.2) is 26.6 Å². The summed E-state index contributed by atoms with van der Waals surface area (Å²) in [5.41, 5.74) is 5.00. The molecule has 7 heteroatoms. The fourth-order valence-corrected chi connectivity index (χ4v) is 5.26. The van der Waals surface area contributed by atoms with Crippen LogP contribution >= 0.6 is 0 Å². The first-order valence-corrected chi connectivity index (χ1v) is 12.4. The number of primary sulfonamides is 1. The Hall–Kier alpha value is -3.81. The lowest BCUT2D eigenvalue weighted by molar-refractivity contribution is 0.0989. The number of sulfonamides is 1. The van der Waals surface area contributed by atoms with Crippen LogP contribution in [0.3, 0.4) is 0 Å². The van der Waals surface area contributed by atoms with Gasteiger partial charge in [-0.2, -0.15) is 0 Å². The molecule has 170 valence electrons. The predicted molar refractivity (Wildman–Crippen MR) is 135 cm³/mol. The SMILES string of the molecule is CC(=N)c1ccc2ccc(C(=O)N3CCc4cc(-c5ccccc5S(N)(=O)=O)ccc43)cc2c1. The number of benzene rings is 4. The molecule has 0 unspecified atom stereocenters. The zero-order chi connectivity index (χ0) is 24.0. The Morgan fingerprint density at radius 1 is 0.912 bits per heavy atom. The second-order valence-corrected chi connectivity index (χ2v) is 10.0. The monoisotopic (exact) mass is 469 g/mol. The maximum absolute atomic E-state index is 13.4. The van der Waals surface area contributed by atoms with Crippen LogP contribution in [0.2, 0.25) is 0 Å². The minimum Gasteiger partial charge on any atom is -0.308 e. The number of nitrogens with one attached hydrogen (secondary N) is 1. The molecule has 4 aromatic rings. The average molecular weight is 470 g/mol. The quantitative estimate of drug-likeness (QED) is 0.422. The lowest BCUT2D eigenvalue weighted by Crippen LogP contribution is -2.28. The number of fused-ring (bicyclic) bond motifs is 2. The van der Waals surface area contributed by atoms with E-state index in [-0.39, 0.29) is 10.8 Å². The van der Waals surface area contributed by atoms with Crippen molar-refractivity contribution in [1.82, 2.24) is 0 Å². The predicted octanol–water partition coefficient (Wildman–Crippen LogP) is 4.74. The van der Waals surface area contributed by atoms with Crippen molar-refractivity contribution in [2.75, 3.05) is 11.4 Å². The summed E-state index contributed by atoms with van der Waals surface area (Å²) >= 11 is 0. The zero-order valence-electron chi connectivity index (χ0n) is 18.6. The lowest BCUT2D eigenvalue weighted by atomic mass is 10.0. The molecule has 0 fully saturated rings. The first kappa shape index (κ1) is 22.0. The topological polar surface area (TPSA) is 104 Å². The molecular weight excluding hydrogens is 446 g/mol. The first-order chi connectivity index (χ1) is 16.2. The van der Waals surface area contributed by atoms with Gasteiger partial charge in [-0.3, -0.25) is 4.79 Å². The number of hydrogen-bond acceptors (Lipinski definition) is 4. The number of amides is 1. The molecule has 0 bridgehead atoms. The molecule has 1 aliphatic heterocycles. The molecule has 0 spiro atoms. The molecule has 0 saturated carbocycles. The number of rotatable bonds is 4. The molecule has 1 heterocycles. The van der Waals surface area contributed by atoms with E-state index in [1.807, 2.05) is 54.6 Å². The van der Waals surface area contributed by atoms with E-state index in [4.69, 9.17) is 10.5 Å². The van der Waals surface area contributed by atoms with Gasteiger partial charge < -0.3 is 10.3 Å². The Morgan fingerprint density at radius 2 is 1.62 bits per heavy atom. The van der Waals surface area contributed by atoms with Crippen molar-refractivity contribution in [3.63, 3.8) is 0 Å². The van der Waals surface area contributed by atoms with Gasteiger partial charge in [-0.1, -0.05) is 42.5 Å². The summed E-state index contributed by atoms with van der Waals surface area (Å²) in [6, 6.07) is 23.7. The number of nitrogens with zero attached hydrogens (tertiary/aromatic N) is 1. The van der Waals surface area contributed by atoms with E-state index in [0.717, 1.165) is 33.2 Å². The van der Waals surface area contributed by atoms with Crippen molar-refractivity contribution in [2.24, 2.45) is 5.14 Å². The summed E-state index contributed by atoms with van der Waals surface area (Å²) < 4.78 is 24.0. The lowest BCUT2D eigenvalue weighted by Gasteiger charge is -2.18. The molecule has 0 radical (unpaired) electrons. The maximum atomic E-state index is 13.4. The van der Waals surface area contributed by atoms with E-state index >= 15 is 0 Å². The third-order valence-corrected chi connectivity index (χ3v) is 7.21. The van der Waals surface area contributed by atoms with Crippen LogP contribution in [0.1, 0.15) is 28.4 Å². The fourth-order valence-electron chi connectivity index (χ4n) is 4.50. The first-order valence-electron chi connectivity index (χ1n) is 10.9. The number of carbonyl (C=O) groups is 1. The van der Waals surface area contributed by atoms with Gasteiger partial charge in [-0.05, 0) is 77.2 Å². The van der Waals surface area contributed by atoms with Crippen molar-refractivity contribution in [3.8, 4) is 11.1 Å². The molecule has 0 aliphatic carbocycles. The van der Waals surface area contributed by atoms with E-state index in [0.29, 0.717) is 29.8 Å². The smallest absolute Gasteiger partial charge is 0.258 e. The van der Waals surface area contributed by atoms with Gasteiger partial charge in [-0.25, -0.2) is 13.6 Å². The molecule has 6 nitrogen and oxygen atoms in total. The summed E-state index contributed by atoms with van der Waals surface area (Å²) in [6.45, 7) is 2.29. The third-order valence-electron chi connectivity index (χ3n) is 6.24. The van der Waals surface area contributed by atoms with Gasteiger partial charge in [0.2, 0.25) is 10.0 Å². The van der Waals surface area contributed by atoms with Crippen molar-refractivity contribution in [2.45, 2.75) is 18.2 Å². The average Bonchev–Trinajstić information content (AvgIpc) is 3.25. The minimum absolute atomic E-state index is 0.0802. The Bertz CT molecular complexity index is 1590. The van der Waals surface area contributed by atoms with Crippen LogP contribution in [0.15, 0.2) is 83.8 Å². The zero-order valence-corrected chi connectivity index (χ0v) is 19.4. The van der Waals surface area contributed by atoms with E-state index in [2.05, 4.69) is 0 Å². The second kappa shape index (κ2) is 8.20. The van der Waals surface area contributed by atoms with E-state index in [1.54, 1.807) is 30.0 Å².